The number of nitrogens with one attached hydrogen (secondary N) is 3. The second-order valence-electron chi connectivity index (χ2n) is 4.08. The van der Waals surface area contributed by atoms with Crippen LogP contribution >= 0.6 is 0 Å². The maximum Gasteiger partial charge on any atom is 0.417 e. The molecular weight excluding hydrogens is 206 g/mol. The van der Waals surface area contributed by atoms with Crippen LogP contribution in [-0.2, 0) is 13.1 Å². The van der Waals surface area contributed by atoms with Crippen molar-refractivity contribution in [1.29, 1.82) is 0 Å². The lowest BCUT2D eigenvalue weighted by Crippen LogP contribution is -2.17. The van der Waals surface area contributed by atoms with Crippen molar-refractivity contribution in [2.24, 2.45) is 0 Å². The van der Waals surface area contributed by atoms with Crippen molar-refractivity contribution < 1.29 is 4.42 Å². The molecule has 1 aliphatic rings. The number of hydrogen-bond donors (Lipinski definition) is 3. The largest absolute Gasteiger partial charge is 0.417 e. The second-order valence-corrected chi connectivity index (χ2v) is 4.08. The van der Waals surface area contributed by atoms with Crippen molar-refractivity contribution in [3.8, 4) is 0 Å². The lowest BCUT2D eigenvalue weighted by Gasteiger charge is -2.13. The van der Waals surface area contributed by atoms with Crippen molar-refractivity contribution in [3.05, 3.63) is 33.9 Å². The van der Waals surface area contributed by atoms with Crippen molar-refractivity contribution in [2.45, 2.75) is 13.1 Å². The minimum atomic E-state index is -0.397. The van der Waals surface area contributed by atoms with Crippen LogP contribution < -0.4 is 11.1 Å². The Kier molecular flexibility index (Phi) is 1.31. The van der Waals surface area contributed by atoms with Gasteiger partial charge in [0.1, 0.15) is 0 Å². The van der Waals surface area contributed by atoms with Crippen molar-refractivity contribution in [2.75, 3.05) is 0 Å². The molecule has 0 saturated carbocycles. The molecular formula is C11H9N3O2. The molecule has 80 valence electrons. The molecule has 0 bridgehead atoms. The summed E-state index contributed by atoms with van der Waals surface area (Å²) in [4.78, 5) is 17.2. The molecule has 3 heterocycles. The molecule has 5 nitrogen and oxygen atoms in total. The van der Waals surface area contributed by atoms with E-state index in [-0.39, 0.29) is 0 Å². The van der Waals surface area contributed by atoms with Gasteiger partial charge in [-0.1, -0.05) is 0 Å². The molecule has 0 saturated heterocycles. The van der Waals surface area contributed by atoms with Crippen molar-refractivity contribution >= 4 is 22.0 Å². The quantitative estimate of drug-likeness (QED) is 0.527. The molecule has 5 heteroatoms. The zero-order valence-electron chi connectivity index (χ0n) is 8.39. The Hall–Kier alpha value is -2.01. The van der Waals surface area contributed by atoms with E-state index < -0.39 is 5.76 Å². The fourth-order valence-corrected chi connectivity index (χ4v) is 2.51. The molecule has 0 spiro atoms. The highest BCUT2D eigenvalue weighted by molar-refractivity contribution is 5.99. The number of H-pyrrole nitrogens is 2. The van der Waals surface area contributed by atoms with Crippen LogP contribution in [0.15, 0.2) is 21.5 Å². The highest BCUT2D eigenvalue weighted by atomic mass is 16.4. The summed E-state index contributed by atoms with van der Waals surface area (Å²) in [7, 11) is 0. The van der Waals surface area contributed by atoms with E-state index in [0.717, 1.165) is 29.7 Å². The van der Waals surface area contributed by atoms with Gasteiger partial charge in [0.15, 0.2) is 5.58 Å². The monoisotopic (exact) mass is 215 g/mol. The number of benzene rings is 1. The van der Waals surface area contributed by atoms with E-state index in [4.69, 9.17) is 4.42 Å². The van der Waals surface area contributed by atoms with Crippen molar-refractivity contribution in [3.63, 3.8) is 0 Å². The summed E-state index contributed by atoms with van der Waals surface area (Å²) >= 11 is 0. The highest BCUT2D eigenvalue weighted by Gasteiger charge is 2.18. The van der Waals surface area contributed by atoms with Gasteiger partial charge < -0.3 is 14.7 Å². The van der Waals surface area contributed by atoms with E-state index >= 15 is 0 Å². The fraction of sp³-hybridized carbons (Fsp3) is 0.182. The van der Waals surface area contributed by atoms with Gasteiger partial charge in [-0.2, -0.15) is 0 Å². The van der Waals surface area contributed by atoms with Crippen LogP contribution in [0.2, 0.25) is 0 Å². The summed E-state index contributed by atoms with van der Waals surface area (Å²) in [6.07, 6.45) is 2.00. The van der Waals surface area contributed by atoms with E-state index in [1.165, 1.54) is 10.9 Å². The molecule has 1 aliphatic heterocycles. The van der Waals surface area contributed by atoms with Crippen LogP contribution in [0.5, 0.6) is 0 Å². The van der Waals surface area contributed by atoms with E-state index in [0.29, 0.717) is 5.58 Å². The second kappa shape index (κ2) is 2.56. The van der Waals surface area contributed by atoms with Crippen LogP contribution in [0, 0.1) is 0 Å². The summed E-state index contributed by atoms with van der Waals surface area (Å²) in [5.41, 5.74) is 4.80. The lowest BCUT2D eigenvalue weighted by atomic mass is 10.0. The van der Waals surface area contributed by atoms with Crippen LogP contribution in [0.3, 0.4) is 0 Å². The average Bonchev–Trinajstić information content (AvgIpc) is 2.84. The standard InChI is InChI=1S/C11H9N3O2/c15-11-14-10-6-4-12-2-5-3-13-7(9(5)6)1-8(10)16-11/h1,3,12-13H,2,4H2,(H,14,15). The van der Waals surface area contributed by atoms with Crippen molar-refractivity contribution in [1.82, 2.24) is 15.3 Å². The van der Waals surface area contributed by atoms with Gasteiger partial charge in [-0.3, -0.25) is 4.98 Å². The van der Waals surface area contributed by atoms with Crippen LogP contribution in [-0.4, -0.2) is 9.97 Å². The highest BCUT2D eigenvalue weighted by Crippen LogP contribution is 2.31. The van der Waals surface area contributed by atoms with Gasteiger partial charge in [0.05, 0.1) is 5.52 Å². The molecule has 16 heavy (non-hydrogen) atoms. The maximum absolute atomic E-state index is 11.2. The third kappa shape index (κ3) is 0.862. The molecule has 0 radical (unpaired) electrons. The number of fused-ring (bicyclic) bond motifs is 2. The first kappa shape index (κ1) is 8.18. The maximum atomic E-state index is 11.2. The molecule has 0 fully saturated rings. The Morgan fingerprint density at radius 2 is 2.25 bits per heavy atom. The Morgan fingerprint density at radius 1 is 1.31 bits per heavy atom. The molecule has 1 aromatic carbocycles. The first-order valence-electron chi connectivity index (χ1n) is 5.18. The lowest BCUT2D eigenvalue weighted by molar-refractivity contribution is 0.555. The predicted octanol–water partition coefficient (Wildman–Crippen LogP) is 1.21. The third-order valence-corrected chi connectivity index (χ3v) is 3.16. The van der Waals surface area contributed by atoms with Gasteiger partial charge >= 0.3 is 5.76 Å². The number of oxazole rings is 1. The summed E-state index contributed by atoms with van der Waals surface area (Å²) in [5.74, 6) is -0.397. The Bertz CT molecular complexity index is 763. The molecule has 2 aromatic heterocycles. The molecule has 0 aliphatic carbocycles. The SMILES string of the molecule is O=c1[nH]c2c3c4c(c[nH]c4cc2o1)CNC3. The summed E-state index contributed by atoms with van der Waals surface area (Å²) < 4.78 is 5.09. The smallest absolute Gasteiger partial charge is 0.408 e. The van der Waals surface area contributed by atoms with Gasteiger partial charge in [-0.25, -0.2) is 4.79 Å². The topological polar surface area (TPSA) is 73.8 Å². The first-order valence-corrected chi connectivity index (χ1v) is 5.18. The zero-order valence-corrected chi connectivity index (χ0v) is 8.39. The van der Waals surface area contributed by atoms with Crippen LogP contribution in [0.4, 0.5) is 0 Å². The summed E-state index contributed by atoms with van der Waals surface area (Å²) in [6, 6.07) is 1.88. The Labute approximate surface area is 89.5 Å². The molecule has 0 amide bonds. The van der Waals surface area contributed by atoms with Gasteiger partial charge in [-0.15, -0.1) is 0 Å². The molecule has 4 rings (SSSR count). The van der Waals surface area contributed by atoms with Gasteiger partial charge in [-0.05, 0) is 5.56 Å². The average molecular weight is 215 g/mol. The van der Waals surface area contributed by atoms with Gasteiger partial charge in [0.25, 0.3) is 0 Å². The third-order valence-electron chi connectivity index (χ3n) is 3.16. The summed E-state index contributed by atoms with van der Waals surface area (Å²) in [5, 5.41) is 4.52. The molecule has 3 aromatic rings. The number of rotatable bonds is 0. The normalized spacial score (nSPS) is 15.0. The Balaban J connectivity index is 2.33. The number of aromatic amines is 2. The minimum absolute atomic E-state index is 0.397. The summed E-state index contributed by atoms with van der Waals surface area (Å²) in [6.45, 7) is 1.62. The number of hydrogen-bond acceptors (Lipinski definition) is 3. The fourth-order valence-electron chi connectivity index (χ4n) is 2.51. The van der Waals surface area contributed by atoms with Crippen LogP contribution in [0.1, 0.15) is 11.1 Å². The Morgan fingerprint density at radius 3 is 3.19 bits per heavy atom. The first-order chi connectivity index (χ1) is 7.83. The molecule has 3 N–H and O–H groups in total. The predicted molar refractivity (Wildman–Crippen MR) is 59.2 cm³/mol. The molecule has 0 unspecified atom stereocenters. The van der Waals surface area contributed by atoms with Crippen LogP contribution in [0.25, 0.3) is 22.0 Å². The van der Waals surface area contributed by atoms with Gasteiger partial charge in [0.2, 0.25) is 0 Å². The van der Waals surface area contributed by atoms with Gasteiger partial charge in [0, 0.05) is 41.8 Å². The number of aromatic nitrogens is 2. The minimum Gasteiger partial charge on any atom is -0.408 e. The molecule has 0 atom stereocenters. The van der Waals surface area contributed by atoms with E-state index in [1.807, 2.05) is 12.3 Å². The zero-order chi connectivity index (χ0) is 10.7. The van der Waals surface area contributed by atoms with E-state index in [1.54, 1.807) is 0 Å². The van der Waals surface area contributed by atoms with E-state index in [9.17, 15) is 4.79 Å². The van der Waals surface area contributed by atoms with E-state index in [2.05, 4.69) is 15.3 Å².